The summed E-state index contributed by atoms with van der Waals surface area (Å²) in [6.07, 6.45) is -6.23. The molecule has 0 bridgehead atoms. The van der Waals surface area contributed by atoms with Crippen LogP contribution in [0.15, 0.2) is 267 Å². The predicted octanol–water partition coefficient (Wildman–Crippen LogP) is 13.0. The molecule has 10 aromatic rings. The van der Waals surface area contributed by atoms with Crippen molar-refractivity contribution < 1.29 is 56.0 Å². The van der Waals surface area contributed by atoms with Crippen LogP contribution in [0, 0.1) is 0 Å². The van der Waals surface area contributed by atoms with Crippen LogP contribution in [0.3, 0.4) is 0 Å². The topological polar surface area (TPSA) is 36.9 Å². The van der Waals surface area contributed by atoms with Crippen LogP contribution in [-0.2, 0) is 19.5 Å². The van der Waals surface area contributed by atoms with Crippen molar-refractivity contribution in [1.82, 2.24) is 0 Å². The Bertz CT molecular complexity index is 3220. The number of halogens is 4. The molecule has 0 N–H and O–H groups in total. The van der Waals surface area contributed by atoms with Crippen molar-refractivity contribution in [3.05, 3.63) is 267 Å². The molecule has 14 heteroatoms. The number of benzene rings is 10. The van der Waals surface area contributed by atoms with Crippen LogP contribution in [0.5, 0.6) is 23.0 Å². The van der Waals surface area contributed by atoms with Gasteiger partial charge in [-0.25, -0.2) is 0 Å². The van der Waals surface area contributed by atoms with Crippen molar-refractivity contribution in [1.29, 1.82) is 0 Å². The molecular weight excluding hydrogens is 1190 g/mol. The summed E-state index contributed by atoms with van der Waals surface area (Å²) < 4.78 is 80.4. The summed E-state index contributed by atoms with van der Waals surface area (Å²) in [6, 6.07) is 88.4. The van der Waals surface area contributed by atoms with Crippen LogP contribution >= 0.6 is 31.7 Å². The van der Waals surface area contributed by atoms with Gasteiger partial charge in [0.2, 0.25) is 0 Å². The van der Waals surface area contributed by atoms with E-state index < -0.39 is 34.6 Å². The second-order valence-electron chi connectivity index (χ2n) is 20.0. The van der Waals surface area contributed by atoms with E-state index in [1.54, 1.807) is 12.1 Å². The minimum absolute atomic E-state index is 0. The first-order chi connectivity index (χ1) is 39.3. The Kier molecular flexibility index (Phi) is 20.0. The van der Waals surface area contributed by atoms with Gasteiger partial charge in [0.15, 0.2) is 23.0 Å². The molecule has 4 nitrogen and oxygen atoms in total. The molecule has 0 aliphatic carbocycles. The Morgan fingerprint density at radius 3 is 0.780 bits per heavy atom. The third kappa shape index (κ3) is 13.6. The van der Waals surface area contributed by atoms with Gasteiger partial charge in [0, 0.05) is 11.1 Å². The van der Waals surface area contributed by atoms with Gasteiger partial charge in [-0.1, -0.05) is 243 Å². The van der Waals surface area contributed by atoms with Gasteiger partial charge in [0.25, 0.3) is 0 Å². The van der Waals surface area contributed by atoms with Crippen molar-refractivity contribution in [2.75, 3.05) is 39.0 Å². The molecule has 0 saturated heterocycles. The molecule has 0 amide bonds. The van der Waals surface area contributed by atoms with Crippen LogP contribution in [-0.4, -0.2) is 57.7 Å². The van der Waals surface area contributed by atoms with E-state index in [0.29, 0.717) is 26.5 Å². The molecule has 10 aromatic carbocycles. The largest absolute Gasteiger partial charge is 1.00 e. The third-order valence-corrected chi connectivity index (χ3v) is 21.6. The van der Waals surface area contributed by atoms with Crippen molar-refractivity contribution >= 4 is 91.5 Å². The monoisotopic (exact) mass is 1250 g/mol. The average molecular weight is 1250 g/mol. The van der Waals surface area contributed by atoms with E-state index in [1.807, 2.05) is 121 Å². The Labute approximate surface area is 497 Å². The Balaban J connectivity index is 0.000000198. The maximum absolute atomic E-state index is 15.0. The summed E-state index contributed by atoms with van der Waals surface area (Å²) in [4.78, 5) is 0. The van der Waals surface area contributed by atoms with Crippen molar-refractivity contribution in [2.24, 2.45) is 0 Å². The molecule has 0 atom stereocenters. The second kappa shape index (κ2) is 27.3. The number of ether oxygens (including phenoxy) is 4. The smallest absolute Gasteiger partial charge is 0.395 e. The SMILES string of the molecule is CP(C)CCP(C)C.FC1(F)Oc2ccc(P(c3ccccc3)c3ccccc3)c(-c3c(P(c4ccccc4)c4ccccc4)ccc4c3OC(F)(F)O4)c2O1.[Ru+].c1ccc([B-](c2ccccc2)(c2ccccc2)c2ccccc2)cc1. The fourth-order valence-corrected chi connectivity index (χ4v) is 18.7. The molecule has 0 spiro atoms. The van der Waals surface area contributed by atoms with E-state index in [4.69, 9.17) is 18.9 Å². The van der Waals surface area contributed by atoms with E-state index >= 15 is 0 Å². The van der Waals surface area contributed by atoms with Crippen LogP contribution < -0.4 is 72.6 Å². The van der Waals surface area contributed by atoms with E-state index in [0.717, 1.165) is 21.2 Å². The molecule has 12 rings (SSSR count). The van der Waals surface area contributed by atoms with E-state index in [9.17, 15) is 17.6 Å². The van der Waals surface area contributed by atoms with Crippen molar-refractivity contribution in [3.63, 3.8) is 0 Å². The standard InChI is InChI=1S/C38H24F4O4P2.C24H20B.C6H16P2.Ru/c39-37(40)43-29-21-23-31(47(25-13-5-1-6-14-25)26-15-7-2-8-16-26)33(35(29)45-37)34-32(24-22-30-36(34)46-38(41,42)44-30)48(27-17-9-3-10-18-27)28-19-11-4-12-20-28;1-5-13-21(14-6-1)25(22-15-7-2-8-16-22,23-17-9-3-10-18-23)24-19-11-4-12-20-24;1-7(2)5-6-8(3)4;/h1-24H;1-20H;5-6H2,1-4H3;/q;-1;;+1. The summed E-state index contributed by atoms with van der Waals surface area (Å²) in [6.45, 7) is 9.42. The zero-order chi connectivity index (χ0) is 56.4. The number of fused-ring (bicyclic) bond motifs is 2. The van der Waals surface area contributed by atoms with Gasteiger partial charge in [0.1, 0.15) is 6.15 Å². The zero-order valence-corrected chi connectivity index (χ0v) is 51.0. The van der Waals surface area contributed by atoms with Gasteiger partial charge < -0.3 is 18.9 Å². The van der Waals surface area contributed by atoms with E-state index in [1.165, 1.54) is 46.3 Å². The molecule has 0 aromatic heterocycles. The quantitative estimate of drug-likeness (QED) is 0.0618. The van der Waals surface area contributed by atoms with Gasteiger partial charge in [0.05, 0.1) is 0 Å². The number of hydrogen-bond donors (Lipinski definition) is 0. The van der Waals surface area contributed by atoms with Crippen LogP contribution in [0.2, 0.25) is 0 Å². The molecule has 0 saturated carbocycles. The molecule has 0 fully saturated rings. The summed E-state index contributed by atoms with van der Waals surface area (Å²) >= 11 is 0. The van der Waals surface area contributed by atoms with E-state index in [-0.39, 0.29) is 53.6 Å². The van der Waals surface area contributed by atoms with Crippen molar-refractivity contribution in [3.8, 4) is 34.1 Å². The van der Waals surface area contributed by atoms with Crippen molar-refractivity contribution in [2.45, 2.75) is 12.6 Å². The molecule has 2 heterocycles. The minimum Gasteiger partial charge on any atom is -0.395 e. The third-order valence-electron chi connectivity index (χ3n) is 14.1. The maximum atomic E-state index is 15.0. The van der Waals surface area contributed by atoms with Gasteiger partial charge in [-0.3, -0.25) is 0 Å². The fraction of sp³-hybridized carbons (Fsp3) is 0.118. The summed E-state index contributed by atoms with van der Waals surface area (Å²) in [5.74, 6) is -0.955. The zero-order valence-electron chi connectivity index (χ0n) is 45.7. The van der Waals surface area contributed by atoms with Gasteiger partial charge >= 0.3 is 32.1 Å². The maximum Gasteiger partial charge on any atom is 1.00 e. The molecule has 415 valence electrons. The Morgan fingerprint density at radius 1 is 0.317 bits per heavy atom. The summed E-state index contributed by atoms with van der Waals surface area (Å²) in [7, 11) is -2.14. The first-order valence-corrected chi connectivity index (χ1v) is 34.2. The van der Waals surface area contributed by atoms with Gasteiger partial charge in [-0.2, -0.15) is 21.9 Å². The molecule has 1 radical (unpaired) electrons. The number of rotatable bonds is 14. The second-order valence-corrected chi connectivity index (χ2v) is 29.6. The van der Waals surface area contributed by atoms with Gasteiger partial charge in [-0.15, -0.1) is 33.4 Å². The Hall–Kier alpha value is -6.47. The van der Waals surface area contributed by atoms with Crippen LogP contribution in [0.4, 0.5) is 17.6 Å². The Morgan fingerprint density at radius 2 is 0.549 bits per heavy atom. The van der Waals surface area contributed by atoms with Crippen LogP contribution in [0.1, 0.15) is 0 Å². The fourth-order valence-electron chi connectivity index (χ4n) is 10.5. The van der Waals surface area contributed by atoms with Crippen LogP contribution in [0.25, 0.3) is 11.1 Å². The first-order valence-electron chi connectivity index (χ1n) is 26.7. The molecule has 2 aliphatic heterocycles. The normalized spacial score (nSPS) is 13.4. The summed E-state index contributed by atoms with van der Waals surface area (Å²) in [5, 5.41) is 4.83. The first kappa shape index (κ1) is 60.1. The molecular formula is C68H60BF4O4P4Ru. The molecule has 0 unspecified atom stereocenters. The molecule has 2 aliphatic rings. The van der Waals surface area contributed by atoms with Gasteiger partial charge in [-0.05, 0) is 111 Å². The summed E-state index contributed by atoms with van der Waals surface area (Å²) in [5.41, 5.74) is 5.71. The number of alkyl halides is 4. The molecule has 82 heavy (non-hydrogen) atoms. The predicted molar refractivity (Wildman–Crippen MR) is 339 cm³/mol. The van der Waals surface area contributed by atoms with E-state index in [2.05, 4.69) is 148 Å². The number of hydrogen-bond acceptors (Lipinski definition) is 4. The minimum atomic E-state index is -3.99. The average Bonchev–Trinajstić information content (AvgIpc) is 4.19.